The van der Waals surface area contributed by atoms with Crippen molar-refractivity contribution in [2.75, 3.05) is 27.2 Å². The van der Waals surface area contributed by atoms with Gasteiger partial charge in [0, 0.05) is 20.1 Å². The summed E-state index contributed by atoms with van der Waals surface area (Å²) in [6.07, 6.45) is 15.2. The van der Waals surface area contributed by atoms with Gasteiger partial charge in [-0.2, -0.15) is 0 Å². The lowest BCUT2D eigenvalue weighted by atomic mass is 9.63. The summed E-state index contributed by atoms with van der Waals surface area (Å²) in [6, 6.07) is 9.95. The van der Waals surface area contributed by atoms with Gasteiger partial charge in [0.1, 0.15) is 0 Å². The number of likely N-dealkylation sites (tertiary alicyclic amines) is 1. The van der Waals surface area contributed by atoms with Crippen molar-refractivity contribution < 1.29 is 4.79 Å². The fraction of sp³-hybridized carbons (Fsp3) is 0.741. The highest BCUT2D eigenvalue weighted by Crippen LogP contribution is 2.49. The van der Waals surface area contributed by atoms with Crippen LogP contribution in [0.4, 0.5) is 4.79 Å². The number of carbonyl (C=O) groups excluding carboxylic acids is 1. The van der Waals surface area contributed by atoms with Crippen molar-refractivity contribution in [1.82, 2.24) is 15.1 Å². The van der Waals surface area contributed by atoms with Gasteiger partial charge in [0.2, 0.25) is 0 Å². The number of carbonyl (C=O) groups is 1. The maximum absolute atomic E-state index is 12.3. The minimum atomic E-state index is 0.0174. The fourth-order valence-electron chi connectivity index (χ4n) is 7.33. The average Bonchev–Trinajstić information content (AvgIpc) is 3.26. The van der Waals surface area contributed by atoms with Crippen LogP contribution in [0.5, 0.6) is 0 Å². The summed E-state index contributed by atoms with van der Waals surface area (Å²) in [4.78, 5) is 16.8. The Morgan fingerprint density at radius 2 is 1.58 bits per heavy atom. The van der Waals surface area contributed by atoms with Gasteiger partial charge >= 0.3 is 6.03 Å². The molecule has 2 amide bonds. The van der Waals surface area contributed by atoms with Gasteiger partial charge in [-0.25, -0.2) is 4.79 Å². The highest BCUT2D eigenvalue weighted by atomic mass is 16.2. The molecule has 4 nitrogen and oxygen atoms in total. The molecule has 1 aliphatic heterocycles. The van der Waals surface area contributed by atoms with Gasteiger partial charge in [-0.15, -0.1) is 0 Å². The van der Waals surface area contributed by atoms with Crippen molar-refractivity contribution in [2.24, 2.45) is 11.8 Å². The number of rotatable bonds is 2. The van der Waals surface area contributed by atoms with Crippen molar-refractivity contribution in [3.63, 3.8) is 0 Å². The predicted octanol–water partition coefficient (Wildman–Crippen LogP) is 5.49. The number of urea groups is 1. The van der Waals surface area contributed by atoms with E-state index >= 15 is 0 Å². The van der Waals surface area contributed by atoms with E-state index in [1.165, 1.54) is 88.4 Å². The van der Waals surface area contributed by atoms with E-state index in [4.69, 9.17) is 0 Å². The zero-order valence-corrected chi connectivity index (χ0v) is 19.6. The first-order valence-corrected chi connectivity index (χ1v) is 12.9. The first-order chi connectivity index (χ1) is 15.0. The Morgan fingerprint density at radius 1 is 0.935 bits per heavy atom. The SMILES string of the molecule is CN(C)C(=O)N[C@H]1CCC2(CCN([C@H]3CCC4CC[C@@H](CC3)C4)CC2)c2ccccc21. The first-order valence-electron chi connectivity index (χ1n) is 12.9. The molecule has 170 valence electrons. The molecule has 1 aromatic rings. The average molecular weight is 424 g/mol. The van der Waals surface area contributed by atoms with E-state index in [1.54, 1.807) is 4.90 Å². The smallest absolute Gasteiger partial charge is 0.317 e. The zero-order valence-electron chi connectivity index (χ0n) is 19.6. The van der Waals surface area contributed by atoms with E-state index in [9.17, 15) is 4.79 Å². The summed E-state index contributed by atoms with van der Waals surface area (Å²) < 4.78 is 0. The monoisotopic (exact) mass is 423 g/mol. The lowest BCUT2D eigenvalue weighted by Crippen LogP contribution is -2.49. The fourth-order valence-corrected chi connectivity index (χ4v) is 7.33. The number of hydrogen-bond acceptors (Lipinski definition) is 2. The minimum absolute atomic E-state index is 0.0174. The molecule has 1 heterocycles. The minimum Gasteiger partial charge on any atom is -0.331 e. The number of nitrogens with one attached hydrogen (secondary N) is 1. The maximum atomic E-state index is 12.3. The normalized spacial score (nSPS) is 32.7. The summed E-state index contributed by atoms with van der Waals surface area (Å²) >= 11 is 0. The molecule has 4 atom stereocenters. The Bertz CT molecular complexity index is 768. The van der Waals surface area contributed by atoms with E-state index < -0.39 is 0 Å². The molecule has 0 aromatic heterocycles. The van der Waals surface area contributed by atoms with Crippen LogP contribution >= 0.6 is 0 Å². The van der Waals surface area contributed by atoms with Gasteiger partial charge in [-0.1, -0.05) is 37.1 Å². The summed E-state index contributed by atoms with van der Waals surface area (Å²) in [7, 11) is 3.64. The van der Waals surface area contributed by atoms with Crippen molar-refractivity contribution in [2.45, 2.75) is 88.1 Å². The Morgan fingerprint density at radius 3 is 2.26 bits per heavy atom. The van der Waals surface area contributed by atoms with Crippen LogP contribution < -0.4 is 5.32 Å². The number of benzene rings is 1. The number of amides is 2. The lowest BCUT2D eigenvalue weighted by molar-refractivity contribution is 0.0833. The molecule has 1 spiro atoms. The lowest BCUT2D eigenvalue weighted by Gasteiger charge is -2.49. The molecule has 2 bridgehead atoms. The second-order valence-electron chi connectivity index (χ2n) is 11.2. The van der Waals surface area contributed by atoms with Crippen LogP contribution in [0.1, 0.15) is 87.8 Å². The number of piperidine rings is 1. The largest absolute Gasteiger partial charge is 0.331 e. The third kappa shape index (κ3) is 4.25. The van der Waals surface area contributed by atoms with Crippen molar-refractivity contribution in [3.05, 3.63) is 35.4 Å². The number of nitrogens with zero attached hydrogens (tertiary/aromatic N) is 2. The second-order valence-corrected chi connectivity index (χ2v) is 11.2. The Kier molecular flexibility index (Phi) is 6.02. The highest BCUT2D eigenvalue weighted by molar-refractivity contribution is 5.74. The van der Waals surface area contributed by atoms with Gasteiger partial charge < -0.3 is 15.1 Å². The molecular weight excluding hydrogens is 382 g/mol. The Labute approximate surface area is 188 Å². The molecule has 3 fully saturated rings. The molecule has 5 rings (SSSR count). The summed E-state index contributed by atoms with van der Waals surface area (Å²) in [6.45, 7) is 2.51. The van der Waals surface area contributed by atoms with Gasteiger partial charge in [0.15, 0.2) is 0 Å². The van der Waals surface area contributed by atoms with Crippen molar-refractivity contribution >= 4 is 6.03 Å². The number of hydrogen-bond donors (Lipinski definition) is 1. The molecule has 4 heteroatoms. The molecule has 31 heavy (non-hydrogen) atoms. The summed E-state index contributed by atoms with van der Waals surface area (Å²) in [5.41, 5.74) is 3.19. The summed E-state index contributed by atoms with van der Waals surface area (Å²) in [5.74, 6) is 2.06. The maximum Gasteiger partial charge on any atom is 0.317 e. The van der Waals surface area contributed by atoms with Crippen LogP contribution in [-0.2, 0) is 5.41 Å². The van der Waals surface area contributed by atoms with E-state index in [-0.39, 0.29) is 12.1 Å². The Hall–Kier alpha value is -1.55. The number of fused-ring (bicyclic) bond motifs is 4. The Balaban J connectivity index is 1.27. The molecular formula is C27H41N3O. The van der Waals surface area contributed by atoms with E-state index in [0.717, 1.165) is 24.3 Å². The van der Waals surface area contributed by atoms with Gasteiger partial charge in [-0.05, 0) is 99.3 Å². The van der Waals surface area contributed by atoms with Crippen LogP contribution in [-0.4, -0.2) is 49.1 Å². The molecule has 1 N–H and O–H groups in total. The third-order valence-electron chi connectivity index (χ3n) is 9.26. The first kappa shape index (κ1) is 21.3. The van der Waals surface area contributed by atoms with E-state index in [2.05, 4.69) is 34.5 Å². The quantitative estimate of drug-likeness (QED) is 0.683. The van der Waals surface area contributed by atoms with Crippen LogP contribution in [0, 0.1) is 11.8 Å². The second kappa shape index (κ2) is 8.77. The topological polar surface area (TPSA) is 35.6 Å². The molecule has 0 radical (unpaired) electrons. The van der Waals surface area contributed by atoms with Crippen LogP contribution in [0.15, 0.2) is 24.3 Å². The molecule has 1 unspecified atom stereocenters. The zero-order chi connectivity index (χ0) is 21.4. The highest BCUT2D eigenvalue weighted by Gasteiger charge is 2.43. The van der Waals surface area contributed by atoms with Gasteiger partial charge in [-0.3, -0.25) is 0 Å². The van der Waals surface area contributed by atoms with E-state index in [1.807, 2.05) is 14.1 Å². The van der Waals surface area contributed by atoms with Crippen LogP contribution in [0.25, 0.3) is 0 Å². The predicted molar refractivity (Wildman–Crippen MR) is 126 cm³/mol. The van der Waals surface area contributed by atoms with Crippen molar-refractivity contribution in [3.8, 4) is 0 Å². The van der Waals surface area contributed by atoms with Gasteiger partial charge in [0.05, 0.1) is 6.04 Å². The molecule has 2 saturated carbocycles. The van der Waals surface area contributed by atoms with E-state index in [0.29, 0.717) is 5.41 Å². The van der Waals surface area contributed by atoms with Crippen LogP contribution in [0.2, 0.25) is 0 Å². The summed E-state index contributed by atoms with van der Waals surface area (Å²) in [5, 5.41) is 3.26. The molecule has 3 aliphatic carbocycles. The van der Waals surface area contributed by atoms with Gasteiger partial charge in [0.25, 0.3) is 0 Å². The third-order valence-corrected chi connectivity index (χ3v) is 9.26. The van der Waals surface area contributed by atoms with Crippen LogP contribution in [0.3, 0.4) is 0 Å². The molecule has 4 aliphatic rings. The molecule has 1 saturated heterocycles. The standard InChI is InChI=1S/C27H41N3O/c1-29(2)26(31)28-25-13-14-27(24-6-4-3-5-23(24)25)15-17-30(18-16-27)22-11-9-20-7-8-21(19-20)10-12-22/h3-6,20-22,25H,7-19H2,1-2H3,(H,28,31)/t20-,21?,22+,25-/m0/s1. The molecule has 1 aromatic carbocycles. The van der Waals surface area contributed by atoms with Crippen molar-refractivity contribution in [1.29, 1.82) is 0 Å².